The number of carbonyl (C=O) groups excluding carboxylic acids is 1. The maximum atomic E-state index is 12.3. The second-order valence-electron chi connectivity index (χ2n) is 5.74. The fourth-order valence-corrected chi connectivity index (χ4v) is 2.77. The number of benzene rings is 2. The van der Waals surface area contributed by atoms with Gasteiger partial charge in [0.2, 0.25) is 15.9 Å². The zero-order valence-corrected chi connectivity index (χ0v) is 14.6. The Balaban J connectivity index is 2.03. The second-order valence-corrected chi connectivity index (χ2v) is 7.30. The summed E-state index contributed by atoms with van der Waals surface area (Å²) < 4.78 is 22.4. The van der Waals surface area contributed by atoms with Gasteiger partial charge in [-0.05, 0) is 56.7 Å². The first-order chi connectivity index (χ1) is 11.2. The monoisotopic (exact) mass is 347 g/mol. The molecular weight excluding hydrogens is 326 g/mol. The summed E-state index contributed by atoms with van der Waals surface area (Å²) >= 11 is 0. The van der Waals surface area contributed by atoms with Gasteiger partial charge in [0.25, 0.3) is 0 Å². The average molecular weight is 347 g/mol. The van der Waals surface area contributed by atoms with Crippen LogP contribution in [0.15, 0.2) is 47.4 Å². The number of amides is 1. The average Bonchev–Trinajstić information content (AvgIpc) is 2.49. The zero-order valence-electron chi connectivity index (χ0n) is 13.8. The Hall–Kier alpha value is -2.38. The molecule has 0 aliphatic rings. The predicted octanol–water partition coefficient (Wildman–Crippen LogP) is 2.39. The van der Waals surface area contributed by atoms with E-state index in [1.165, 1.54) is 24.3 Å². The van der Waals surface area contributed by atoms with Crippen molar-refractivity contribution < 1.29 is 13.2 Å². The van der Waals surface area contributed by atoms with Crippen LogP contribution >= 0.6 is 0 Å². The summed E-state index contributed by atoms with van der Waals surface area (Å²) in [6.07, 6.45) is 0. The van der Waals surface area contributed by atoms with Crippen molar-refractivity contribution in [3.05, 3.63) is 53.6 Å². The van der Waals surface area contributed by atoms with Crippen LogP contribution in [0.5, 0.6) is 0 Å². The Morgan fingerprint density at radius 3 is 2.25 bits per heavy atom. The van der Waals surface area contributed by atoms with Crippen molar-refractivity contribution in [1.82, 2.24) is 0 Å². The molecule has 4 N–H and O–H groups in total. The predicted molar refractivity (Wildman–Crippen MR) is 95.4 cm³/mol. The number of primary sulfonamides is 1. The van der Waals surface area contributed by atoms with Crippen LogP contribution in [-0.4, -0.2) is 20.4 Å². The van der Waals surface area contributed by atoms with E-state index in [0.29, 0.717) is 5.69 Å². The van der Waals surface area contributed by atoms with Gasteiger partial charge in [-0.15, -0.1) is 0 Å². The van der Waals surface area contributed by atoms with Crippen LogP contribution in [0, 0.1) is 13.8 Å². The maximum Gasteiger partial charge on any atom is 0.246 e. The third-order valence-electron chi connectivity index (χ3n) is 3.60. The highest BCUT2D eigenvalue weighted by atomic mass is 32.2. The summed E-state index contributed by atoms with van der Waals surface area (Å²) in [7, 11) is -3.74. The molecule has 0 unspecified atom stereocenters. The lowest BCUT2D eigenvalue weighted by Gasteiger charge is -2.17. The molecule has 0 saturated carbocycles. The van der Waals surface area contributed by atoms with Crippen LogP contribution in [0.3, 0.4) is 0 Å². The number of nitrogens with one attached hydrogen (secondary N) is 2. The second kappa shape index (κ2) is 7.02. The molecule has 0 aromatic heterocycles. The summed E-state index contributed by atoms with van der Waals surface area (Å²) in [5.41, 5.74) is 3.62. The number of nitrogens with two attached hydrogens (primary N) is 1. The normalized spacial score (nSPS) is 12.5. The van der Waals surface area contributed by atoms with Crippen LogP contribution in [0.25, 0.3) is 0 Å². The zero-order chi connectivity index (χ0) is 17.9. The van der Waals surface area contributed by atoms with Crippen LogP contribution in [-0.2, 0) is 14.8 Å². The maximum absolute atomic E-state index is 12.3. The van der Waals surface area contributed by atoms with Gasteiger partial charge < -0.3 is 10.6 Å². The third kappa shape index (κ3) is 4.56. The van der Waals surface area contributed by atoms with E-state index in [0.717, 1.165) is 16.8 Å². The van der Waals surface area contributed by atoms with E-state index in [1.54, 1.807) is 6.92 Å². The molecule has 0 aliphatic carbocycles. The van der Waals surface area contributed by atoms with Gasteiger partial charge in [0.1, 0.15) is 6.04 Å². The SMILES string of the molecule is Cc1ccc(N[C@@H](C)C(=O)Nc2ccc(S(N)(=O)=O)cc2)c(C)c1. The van der Waals surface area contributed by atoms with E-state index in [-0.39, 0.29) is 10.8 Å². The minimum atomic E-state index is -3.74. The van der Waals surface area contributed by atoms with E-state index in [1.807, 2.05) is 32.0 Å². The highest BCUT2D eigenvalue weighted by Crippen LogP contribution is 2.18. The number of hydrogen-bond acceptors (Lipinski definition) is 4. The van der Waals surface area contributed by atoms with Gasteiger partial charge in [0.15, 0.2) is 0 Å². The molecule has 7 heteroatoms. The van der Waals surface area contributed by atoms with E-state index < -0.39 is 16.1 Å². The van der Waals surface area contributed by atoms with E-state index in [2.05, 4.69) is 10.6 Å². The molecule has 0 fully saturated rings. The highest BCUT2D eigenvalue weighted by molar-refractivity contribution is 7.89. The number of sulfonamides is 1. The van der Waals surface area contributed by atoms with Gasteiger partial charge in [-0.2, -0.15) is 0 Å². The molecule has 6 nitrogen and oxygen atoms in total. The van der Waals surface area contributed by atoms with E-state index >= 15 is 0 Å². The summed E-state index contributed by atoms with van der Waals surface area (Å²) in [5, 5.41) is 10.9. The first kappa shape index (κ1) is 18.0. The third-order valence-corrected chi connectivity index (χ3v) is 4.53. The molecule has 1 amide bonds. The summed E-state index contributed by atoms with van der Waals surface area (Å²) in [4.78, 5) is 12.3. The summed E-state index contributed by atoms with van der Waals surface area (Å²) in [6.45, 7) is 5.75. The molecule has 0 heterocycles. The van der Waals surface area contributed by atoms with Crippen molar-refractivity contribution >= 4 is 27.3 Å². The van der Waals surface area contributed by atoms with Crippen molar-refractivity contribution in [2.75, 3.05) is 10.6 Å². The Bertz CT molecular complexity index is 846. The van der Waals surface area contributed by atoms with Crippen LogP contribution in [0.4, 0.5) is 11.4 Å². The molecule has 0 radical (unpaired) electrons. The first-order valence-electron chi connectivity index (χ1n) is 7.44. The van der Waals surface area contributed by atoms with Gasteiger partial charge in [0.05, 0.1) is 4.90 Å². The standard InChI is InChI=1S/C17H21N3O3S/c1-11-4-9-16(12(2)10-11)19-13(3)17(21)20-14-5-7-15(8-6-14)24(18,22)23/h4-10,13,19H,1-3H3,(H,20,21)(H2,18,22,23)/t13-/m0/s1. The Morgan fingerprint density at radius 1 is 1.08 bits per heavy atom. The minimum Gasteiger partial charge on any atom is -0.374 e. The quantitative estimate of drug-likeness (QED) is 0.773. The van der Waals surface area contributed by atoms with Gasteiger partial charge in [0, 0.05) is 11.4 Å². The van der Waals surface area contributed by atoms with Crippen molar-refractivity contribution in [1.29, 1.82) is 0 Å². The van der Waals surface area contributed by atoms with Crippen LogP contribution in [0.1, 0.15) is 18.1 Å². The topological polar surface area (TPSA) is 101 Å². The molecule has 128 valence electrons. The Morgan fingerprint density at radius 2 is 1.71 bits per heavy atom. The Kier molecular flexibility index (Phi) is 5.26. The van der Waals surface area contributed by atoms with Gasteiger partial charge >= 0.3 is 0 Å². The molecule has 2 aromatic carbocycles. The lowest BCUT2D eigenvalue weighted by Crippen LogP contribution is -2.32. The molecule has 2 rings (SSSR count). The molecule has 2 aromatic rings. The fraction of sp³-hybridized carbons (Fsp3) is 0.235. The number of hydrogen-bond donors (Lipinski definition) is 3. The van der Waals surface area contributed by atoms with Crippen LogP contribution in [0.2, 0.25) is 0 Å². The first-order valence-corrected chi connectivity index (χ1v) is 8.99. The number of rotatable bonds is 5. The number of aryl methyl sites for hydroxylation is 2. The van der Waals surface area contributed by atoms with E-state index in [9.17, 15) is 13.2 Å². The molecule has 1 atom stereocenters. The molecule has 24 heavy (non-hydrogen) atoms. The van der Waals surface area contributed by atoms with E-state index in [4.69, 9.17) is 5.14 Å². The molecule has 0 saturated heterocycles. The largest absolute Gasteiger partial charge is 0.374 e. The summed E-state index contributed by atoms with van der Waals surface area (Å²) in [5.74, 6) is -0.224. The van der Waals surface area contributed by atoms with Crippen molar-refractivity contribution in [3.8, 4) is 0 Å². The van der Waals surface area contributed by atoms with Gasteiger partial charge in [-0.3, -0.25) is 4.79 Å². The Labute approximate surface area is 142 Å². The number of anilines is 2. The van der Waals surface area contributed by atoms with Crippen molar-refractivity contribution in [2.45, 2.75) is 31.7 Å². The molecule has 0 bridgehead atoms. The summed E-state index contributed by atoms with van der Waals surface area (Å²) in [6, 6.07) is 11.2. The number of carbonyl (C=O) groups is 1. The van der Waals surface area contributed by atoms with Gasteiger partial charge in [-0.25, -0.2) is 13.6 Å². The fourth-order valence-electron chi connectivity index (χ4n) is 2.25. The smallest absolute Gasteiger partial charge is 0.246 e. The van der Waals surface area contributed by atoms with Crippen molar-refractivity contribution in [3.63, 3.8) is 0 Å². The lowest BCUT2D eigenvalue weighted by atomic mass is 10.1. The minimum absolute atomic E-state index is 0.00181. The van der Waals surface area contributed by atoms with Crippen molar-refractivity contribution in [2.24, 2.45) is 5.14 Å². The molecular formula is C17H21N3O3S. The molecule has 0 aliphatic heterocycles. The lowest BCUT2D eigenvalue weighted by molar-refractivity contribution is -0.116. The van der Waals surface area contributed by atoms with Crippen LogP contribution < -0.4 is 15.8 Å². The van der Waals surface area contributed by atoms with Gasteiger partial charge in [-0.1, -0.05) is 17.7 Å². The highest BCUT2D eigenvalue weighted by Gasteiger charge is 2.14. The molecule has 0 spiro atoms.